The van der Waals surface area contributed by atoms with Gasteiger partial charge in [-0.25, -0.2) is 0 Å². The second-order valence-electron chi connectivity index (χ2n) is 6.26. The van der Waals surface area contributed by atoms with Gasteiger partial charge in [-0.3, -0.25) is 0 Å². The first-order valence-electron chi connectivity index (χ1n) is 6.58. The molecular formula is C13H26N4O. The number of hydrogen-bond donors (Lipinski definition) is 2. The standard InChI is InChI=1S/C13H26N4O/c1-9(2)7-14-8-11-16-17-12(18-11)15-10(3)13(4,5)6/h9-10,14H,7-8H2,1-6H3,(H,15,17). The van der Waals surface area contributed by atoms with E-state index in [4.69, 9.17) is 4.42 Å². The number of aromatic nitrogens is 2. The van der Waals surface area contributed by atoms with Crippen LogP contribution in [0.5, 0.6) is 0 Å². The Morgan fingerprint density at radius 3 is 2.39 bits per heavy atom. The van der Waals surface area contributed by atoms with Crippen LogP contribution >= 0.6 is 0 Å². The van der Waals surface area contributed by atoms with E-state index in [-0.39, 0.29) is 11.5 Å². The maximum atomic E-state index is 5.54. The predicted molar refractivity (Wildman–Crippen MR) is 73.4 cm³/mol. The Balaban J connectivity index is 2.43. The van der Waals surface area contributed by atoms with Crippen molar-refractivity contribution in [2.24, 2.45) is 11.3 Å². The first kappa shape index (κ1) is 15.0. The van der Waals surface area contributed by atoms with Crippen molar-refractivity contribution in [1.29, 1.82) is 0 Å². The van der Waals surface area contributed by atoms with Crippen LogP contribution < -0.4 is 10.6 Å². The van der Waals surface area contributed by atoms with Crippen LogP contribution in [0.25, 0.3) is 0 Å². The zero-order chi connectivity index (χ0) is 13.8. The molecule has 0 radical (unpaired) electrons. The maximum absolute atomic E-state index is 5.54. The molecule has 1 aromatic heterocycles. The molecule has 1 atom stereocenters. The molecule has 0 aromatic carbocycles. The van der Waals surface area contributed by atoms with Gasteiger partial charge in [0.25, 0.3) is 0 Å². The van der Waals surface area contributed by atoms with Crippen LogP contribution in [0.3, 0.4) is 0 Å². The molecule has 2 N–H and O–H groups in total. The van der Waals surface area contributed by atoms with Crippen LogP contribution in [0, 0.1) is 11.3 Å². The summed E-state index contributed by atoms with van der Waals surface area (Å²) in [6, 6.07) is 0.771. The summed E-state index contributed by atoms with van der Waals surface area (Å²) < 4.78 is 5.54. The lowest BCUT2D eigenvalue weighted by Gasteiger charge is -2.26. The molecule has 0 amide bonds. The summed E-state index contributed by atoms with van der Waals surface area (Å²) in [5.41, 5.74) is 0.157. The van der Waals surface area contributed by atoms with Gasteiger partial charge in [0.15, 0.2) is 0 Å². The summed E-state index contributed by atoms with van der Waals surface area (Å²) >= 11 is 0. The van der Waals surface area contributed by atoms with Gasteiger partial charge in [-0.1, -0.05) is 39.7 Å². The van der Waals surface area contributed by atoms with Crippen LogP contribution in [0.4, 0.5) is 6.01 Å². The molecule has 0 fully saturated rings. The zero-order valence-electron chi connectivity index (χ0n) is 12.4. The number of nitrogens with zero attached hydrogens (tertiary/aromatic N) is 2. The van der Waals surface area contributed by atoms with Crippen molar-refractivity contribution < 1.29 is 4.42 Å². The van der Waals surface area contributed by atoms with Crippen molar-refractivity contribution in [1.82, 2.24) is 15.5 Å². The predicted octanol–water partition coefficient (Wildman–Crippen LogP) is 2.66. The fourth-order valence-electron chi connectivity index (χ4n) is 1.25. The minimum absolute atomic E-state index is 0.157. The molecule has 0 aliphatic heterocycles. The van der Waals surface area contributed by atoms with E-state index in [9.17, 15) is 0 Å². The highest BCUT2D eigenvalue weighted by Gasteiger charge is 2.21. The second kappa shape index (κ2) is 6.18. The number of anilines is 1. The topological polar surface area (TPSA) is 63.0 Å². The highest BCUT2D eigenvalue weighted by Crippen LogP contribution is 2.22. The van der Waals surface area contributed by atoms with Crippen LogP contribution in [0.2, 0.25) is 0 Å². The highest BCUT2D eigenvalue weighted by molar-refractivity contribution is 5.20. The Labute approximate surface area is 110 Å². The monoisotopic (exact) mass is 254 g/mol. The number of hydrogen-bond acceptors (Lipinski definition) is 5. The molecule has 1 heterocycles. The van der Waals surface area contributed by atoms with E-state index in [0.29, 0.717) is 24.4 Å². The molecule has 1 unspecified atom stereocenters. The largest absolute Gasteiger partial charge is 0.407 e. The Bertz CT molecular complexity index is 354. The van der Waals surface area contributed by atoms with Crippen LogP contribution in [0.1, 0.15) is 47.4 Å². The minimum Gasteiger partial charge on any atom is -0.407 e. The van der Waals surface area contributed by atoms with Gasteiger partial charge in [0.1, 0.15) is 0 Å². The Kier molecular flexibility index (Phi) is 5.14. The quantitative estimate of drug-likeness (QED) is 0.817. The SMILES string of the molecule is CC(C)CNCc1nnc(NC(C)C(C)(C)C)o1. The maximum Gasteiger partial charge on any atom is 0.315 e. The average Bonchev–Trinajstić information content (AvgIpc) is 2.63. The zero-order valence-corrected chi connectivity index (χ0v) is 12.4. The molecule has 0 bridgehead atoms. The molecule has 0 saturated heterocycles. The summed E-state index contributed by atoms with van der Waals surface area (Å²) in [6.07, 6.45) is 0. The van der Waals surface area contributed by atoms with Gasteiger partial charge in [-0.2, -0.15) is 0 Å². The van der Waals surface area contributed by atoms with Crippen molar-refractivity contribution >= 4 is 6.01 Å². The van der Waals surface area contributed by atoms with E-state index < -0.39 is 0 Å². The minimum atomic E-state index is 0.157. The van der Waals surface area contributed by atoms with Gasteiger partial charge in [0.2, 0.25) is 5.89 Å². The molecule has 18 heavy (non-hydrogen) atoms. The fourth-order valence-corrected chi connectivity index (χ4v) is 1.25. The van der Waals surface area contributed by atoms with Gasteiger partial charge in [0.05, 0.1) is 6.54 Å². The lowest BCUT2D eigenvalue weighted by atomic mass is 9.88. The van der Waals surface area contributed by atoms with Gasteiger partial charge in [-0.05, 0) is 24.8 Å². The number of rotatable bonds is 6. The van der Waals surface area contributed by atoms with E-state index in [1.165, 1.54) is 0 Å². The van der Waals surface area contributed by atoms with Crippen molar-refractivity contribution in [2.45, 2.75) is 54.1 Å². The first-order valence-corrected chi connectivity index (χ1v) is 6.58. The van der Waals surface area contributed by atoms with Crippen molar-refractivity contribution in [2.75, 3.05) is 11.9 Å². The van der Waals surface area contributed by atoms with Crippen LogP contribution in [0.15, 0.2) is 4.42 Å². The van der Waals surface area contributed by atoms with Gasteiger partial charge < -0.3 is 15.1 Å². The molecule has 1 aromatic rings. The summed E-state index contributed by atoms with van der Waals surface area (Å²) in [7, 11) is 0. The van der Waals surface area contributed by atoms with Crippen molar-refractivity contribution in [3.05, 3.63) is 5.89 Å². The Morgan fingerprint density at radius 2 is 1.83 bits per heavy atom. The van der Waals surface area contributed by atoms with E-state index in [1.54, 1.807) is 0 Å². The third kappa shape index (κ3) is 5.04. The Hall–Kier alpha value is -1.10. The molecule has 5 nitrogen and oxygen atoms in total. The molecule has 0 saturated carbocycles. The lowest BCUT2D eigenvalue weighted by Crippen LogP contribution is -2.30. The van der Waals surface area contributed by atoms with Crippen molar-refractivity contribution in [3.8, 4) is 0 Å². The smallest absolute Gasteiger partial charge is 0.315 e. The third-order valence-corrected chi connectivity index (χ3v) is 2.93. The summed E-state index contributed by atoms with van der Waals surface area (Å²) in [5, 5.41) is 14.5. The van der Waals surface area contributed by atoms with E-state index >= 15 is 0 Å². The molecule has 0 aliphatic rings. The second-order valence-corrected chi connectivity index (χ2v) is 6.26. The van der Waals surface area contributed by atoms with Crippen LogP contribution in [-0.4, -0.2) is 22.8 Å². The highest BCUT2D eigenvalue weighted by atomic mass is 16.4. The summed E-state index contributed by atoms with van der Waals surface area (Å²) in [5.74, 6) is 1.24. The molecule has 104 valence electrons. The number of nitrogens with one attached hydrogen (secondary N) is 2. The fraction of sp³-hybridized carbons (Fsp3) is 0.846. The van der Waals surface area contributed by atoms with Gasteiger partial charge in [0, 0.05) is 6.04 Å². The average molecular weight is 254 g/mol. The van der Waals surface area contributed by atoms with E-state index in [1.807, 2.05) is 0 Å². The third-order valence-electron chi connectivity index (χ3n) is 2.93. The molecule has 0 spiro atoms. The Morgan fingerprint density at radius 1 is 1.17 bits per heavy atom. The summed E-state index contributed by atoms with van der Waals surface area (Å²) in [4.78, 5) is 0. The van der Waals surface area contributed by atoms with E-state index in [0.717, 1.165) is 6.54 Å². The van der Waals surface area contributed by atoms with Gasteiger partial charge >= 0.3 is 6.01 Å². The lowest BCUT2D eigenvalue weighted by molar-refractivity contribution is 0.350. The molecular weight excluding hydrogens is 228 g/mol. The van der Waals surface area contributed by atoms with Crippen LogP contribution in [-0.2, 0) is 6.54 Å². The molecule has 5 heteroatoms. The van der Waals surface area contributed by atoms with Crippen molar-refractivity contribution in [3.63, 3.8) is 0 Å². The van der Waals surface area contributed by atoms with Gasteiger partial charge in [-0.15, -0.1) is 5.10 Å². The molecule has 1 rings (SSSR count). The first-order chi connectivity index (χ1) is 8.29. The van der Waals surface area contributed by atoms with E-state index in [2.05, 4.69) is 62.4 Å². The summed E-state index contributed by atoms with van der Waals surface area (Å²) in [6.45, 7) is 14.5. The normalized spacial score (nSPS) is 13.9. The molecule has 0 aliphatic carbocycles.